The van der Waals surface area contributed by atoms with Crippen LogP contribution in [0.2, 0.25) is 0 Å². The minimum atomic E-state index is -0.269. The molecule has 8 nitrogen and oxygen atoms in total. The summed E-state index contributed by atoms with van der Waals surface area (Å²) in [5.74, 6) is 0.815. The molecule has 2 heterocycles. The van der Waals surface area contributed by atoms with Gasteiger partial charge in [-0.05, 0) is 56.0 Å². The molecule has 1 N–H and O–H groups in total. The molecular weight excluding hydrogens is 422 g/mol. The molecule has 0 bridgehead atoms. The first-order valence-corrected chi connectivity index (χ1v) is 11.4. The molecular formula is C25H29N3O5. The van der Waals surface area contributed by atoms with Crippen molar-refractivity contribution in [1.82, 2.24) is 4.90 Å². The van der Waals surface area contributed by atoms with Crippen LogP contribution in [0.25, 0.3) is 0 Å². The van der Waals surface area contributed by atoms with E-state index in [9.17, 15) is 14.4 Å². The van der Waals surface area contributed by atoms with Crippen LogP contribution in [0.5, 0.6) is 11.5 Å². The highest BCUT2D eigenvalue weighted by Crippen LogP contribution is 2.34. The molecule has 0 aliphatic carbocycles. The molecule has 174 valence electrons. The van der Waals surface area contributed by atoms with E-state index in [4.69, 9.17) is 9.47 Å². The van der Waals surface area contributed by atoms with Gasteiger partial charge in [0.2, 0.25) is 11.8 Å². The fourth-order valence-electron chi connectivity index (χ4n) is 3.99. The first kappa shape index (κ1) is 22.6. The molecule has 3 amide bonds. The standard InChI is InChI=1S/C25H29N3O5/c29-23(10-7-15-32-20-8-3-1-4-9-20)26-19-11-12-22-21(16-19)28(25(31)18-33-22)17-24(30)27-13-5-2-6-14-27/h1,3-4,8-9,11-12,16H,2,5-7,10,13-15,17-18H2,(H,26,29). The van der Waals surface area contributed by atoms with Crippen LogP contribution in [0.3, 0.4) is 0 Å². The van der Waals surface area contributed by atoms with Crippen LogP contribution in [0.4, 0.5) is 11.4 Å². The molecule has 1 fully saturated rings. The van der Waals surface area contributed by atoms with Crippen molar-refractivity contribution in [3.05, 3.63) is 48.5 Å². The molecule has 0 saturated carbocycles. The van der Waals surface area contributed by atoms with E-state index in [-0.39, 0.29) is 30.9 Å². The van der Waals surface area contributed by atoms with Gasteiger partial charge in [-0.1, -0.05) is 18.2 Å². The topological polar surface area (TPSA) is 88.2 Å². The van der Waals surface area contributed by atoms with Crippen molar-refractivity contribution in [3.8, 4) is 11.5 Å². The maximum Gasteiger partial charge on any atom is 0.265 e. The number of fused-ring (bicyclic) bond motifs is 1. The number of likely N-dealkylation sites (tertiary alicyclic amines) is 1. The zero-order chi connectivity index (χ0) is 23.0. The molecule has 1 saturated heterocycles. The predicted octanol–water partition coefficient (Wildman–Crippen LogP) is 3.22. The first-order valence-electron chi connectivity index (χ1n) is 11.4. The average Bonchev–Trinajstić information content (AvgIpc) is 2.85. The van der Waals surface area contributed by atoms with Crippen molar-refractivity contribution in [3.63, 3.8) is 0 Å². The quantitative estimate of drug-likeness (QED) is 0.623. The third kappa shape index (κ3) is 6.03. The number of nitrogens with zero attached hydrogens (tertiary/aromatic N) is 2. The van der Waals surface area contributed by atoms with Gasteiger partial charge >= 0.3 is 0 Å². The Hall–Kier alpha value is -3.55. The van der Waals surface area contributed by atoms with E-state index >= 15 is 0 Å². The predicted molar refractivity (Wildman–Crippen MR) is 125 cm³/mol. The van der Waals surface area contributed by atoms with E-state index in [0.717, 1.165) is 38.1 Å². The Morgan fingerprint density at radius 3 is 2.61 bits per heavy atom. The molecule has 4 rings (SSSR count). The highest BCUT2D eigenvalue weighted by atomic mass is 16.5. The molecule has 2 aromatic rings. The van der Waals surface area contributed by atoms with Gasteiger partial charge < -0.3 is 19.7 Å². The lowest BCUT2D eigenvalue weighted by molar-refractivity contribution is -0.132. The highest BCUT2D eigenvalue weighted by molar-refractivity contribution is 6.03. The van der Waals surface area contributed by atoms with E-state index in [0.29, 0.717) is 36.6 Å². The number of carbonyl (C=O) groups is 3. The number of ether oxygens (including phenoxy) is 2. The van der Waals surface area contributed by atoms with Gasteiger partial charge in [0.05, 0.1) is 12.3 Å². The van der Waals surface area contributed by atoms with Crippen LogP contribution in [0.1, 0.15) is 32.1 Å². The van der Waals surface area contributed by atoms with Gasteiger partial charge in [0, 0.05) is 25.2 Å². The Morgan fingerprint density at radius 2 is 1.82 bits per heavy atom. The Kier molecular flexibility index (Phi) is 7.44. The van der Waals surface area contributed by atoms with Crippen LogP contribution in [-0.4, -0.2) is 55.5 Å². The zero-order valence-corrected chi connectivity index (χ0v) is 18.6. The van der Waals surface area contributed by atoms with Gasteiger partial charge in [0.15, 0.2) is 6.61 Å². The number of nitrogens with one attached hydrogen (secondary N) is 1. The maximum absolute atomic E-state index is 12.7. The van der Waals surface area contributed by atoms with Gasteiger partial charge in [-0.2, -0.15) is 0 Å². The van der Waals surface area contributed by atoms with E-state index in [1.807, 2.05) is 35.2 Å². The second-order valence-electron chi connectivity index (χ2n) is 8.21. The summed E-state index contributed by atoms with van der Waals surface area (Å²) < 4.78 is 11.1. The van der Waals surface area contributed by atoms with E-state index in [2.05, 4.69) is 5.32 Å². The summed E-state index contributed by atoms with van der Waals surface area (Å²) in [5.41, 5.74) is 1.05. The number of carbonyl (C=O) groups excluding carboxylic acids is 3. The number of anilines is 2. The second kappa shape index (κ2) is 10.8. The summed E-state index contributed by atoms with van der Waals surface area (Å²) in [6.07, 6.45) is 3.99. The maximum atomic E-state index is 12.7. The summed E-state index contributed by atoms with van der Waals surface area (Å²) in [4.78, 5) is 40.9. The molecule has 0 radical (unpaired) electrons. The molecule has 2 aromatic carbocycles. The van der Waals surface area contributed by atoms with Crippen LogP contribution < -0.4 is 19.7 Å². The number of rotatable bonds is 8. The van der Waals surface area contributed by atoms with Crippen molar-refractivity contribution in [1.29, 1.82) is 0 Å². The molecule has 0 atom stereocenters. The third-order valence-corrected chi connectivity index (χ3v) is 5.75. The van der Waals surface area contributed by atoms with Gasteiger partial charge in [-0.15, -0.1) is 0 Å². The van der Waals surface area contributed by atoms with Crippen LogP contribution in [-0.2, 0) is 14.4 Å². The minimum absolute atomic E-state index is 0.0244. The number of hydrogen-bond acceptors (Lipinski definition) is 5. The summed E-state index contributed by atoms with van der Waals surface area (Å²) in [5, 5.41) is 2.86. The highest BCUT2D eigenvalue weighted by Gasteiger charge is 2.29. The second-order valence-corrected chi connectivity index (χ2v) is 8.21. The Bertz CT molecular complexity index is 989. The zero-order valence-electron chi connectivity index (χ0n) is 18.6. The molecule has 8 heteroatoms. The first-order chi connectivity index (χ1) is 16.1. The van der Waals surface area contributed by atoms with Crippen LogP contribution in [0.15, 0.2) is 48.5 Å². The molecule has 2 aliphatic rings. The molecule has 33 heavy (non-hydrogen) atoms. The van der Waals surface area contributed by atoms with Crippen molar-refractivity contribution >= 4 is 29.1 Å². The van der Waals surface area contributed by atoms with Gasteiger partial charge in [-0.25, -0.2) is 0 Å². The molecule has 0 unspecified atom stereocenters. The summed E-state index contributed by atoms with van der Waals surface area (Å²) in [6.45, 7) is 1.77. The van der Waals surface area contributed by atoms with Gasteiger partial charge in [-0.3, -0.25) is 19.3 Å². The fourth-order valence-corrected chi connectivity index (χ4v) is 3.99. The van der Waals surface area contributed by atoms with Crippen molar-refractivity contribution in [2.75, 3.05) is 43.1 Å². The van der Waals surface area contributed by atoms with E-state index < -0.39 is 0 Å². The van der Waals surface area contributed by atoms with Crippen LogP contribution >= 0.6 is 0 Å². The lowest BCUT2D eigenvalue weighted by Gasteiger charge is -2.33. The minimum Gasteiger partial charge on any atom is -0.494 e. The third-order valence-electron chi connectivity index (χ3n) is 5.75. The van der Waals surface area contributed by atoms with Crippen molar-refractivity contribution < 1.29 is 23.9 Å². The van der Waals surface area contributed by atoms with Gasteiger partial charge in [0.1, 0.15) is 18.0 Å². The molecule has 0 spiro atoms. The van der Waals surface area contributed by atoms with E-state index in [1.165, 1.54) is 4.90 Å². The smallest absolute Gasteiger partial charge is 0.265 e. The number of piperidine rings is 1. The average molecular weight is 452 g/mol. The van der Waals surface area contributed by atoms with Crippen molar-refractivity contribution in [2.24, 2.45) is 0 Å². The number of amides is 3. The van der Waals surface area contributed by atoms with Gasteiger partial charge in [0.25, 0.3) is 5.91 Å². The molecule has 2 aliphatic heterocycles. The number of para-hydroxylation sites is 1. The molecule has 0 aromatic heterocycles. The summed E-state index contributed by atoms with van der Waals surface area (Å²) >= 11 is 0. The fraction of sp³-hybridized carbons (Fsp3) is 0.400. The van der Waals surface area contributed by atoms with E-state index in [1.54, 1.807) is 18.2 Å². The Labute approximate surface area is 193 Å². The Morgan fingerprint density at radius 1 is 1.03 bits per heavy atom. The number of benzene rings is 2. The summed E-state index contributed by atoms with van der Waals surface area (Å²) in [7, 11) is 0. The summed E-state index contributed by atoms with van der Waals surface area (Å²) in [6, 6.07) is 14.6. The SMILES string of the molecule is O=C(CCCOc1ccccc1)Nc1ccc2c(c1)N(CC(=O)N1CCCCC1)C(=O)CO2. The lowest BCUT2D eigenvalue weighted by Crippen LogP contribution is -2.47. The largest absolute Gasteiger partial charge is 0.494 e. The van der Waals surface area contributed by atoms with Crippen LogP contribution in [0, 0.1) is 0 Å². The Balaban J connectivity index is 1.34. The number of hydrogen-bond donors (Lipinski definition) is 1. The van der Waals surface area contributed by atoms with Crippen molar-refractivity contribution in [2.45, 2.75) is 32.1 Å². The normalized spacial score (nSPS) is 15.5. The lowest BCUT2D eigenvalue weighted by atomic mass is 10.1. The monoisotopic (exact) mass is 451 g/mol.